The van der Waals surface area contributed by atoms with Gasteiger partial charge in [-0.25, -0.2) is 0 Å². The van der Waals surface area contributed by atoms with Gasteiger partial charge in [-0.2, -0.15) is 26.3 Å². The molecule has 0 N–H and O–H groups in total. The van der Waals surface area contributed by atoms with Crippen molar-refractivity contribution in [2.24, 2.45) is 0 Å². The van der Waals surface area contributed by atoms with Crippen LogP contribution in [0.25, 0.3) is 0 Å². The summed E-state index contributed by atoms with van der Waals surface area (Å²) in [6.45, 7) is 0.643. The third kappa shape index (κ3) is 2.21. The Morgan fingerprint density at radius 3 is 1.47 bits per heavy atom. The molecule has 0 saturated heterocycles. The highest BCUT2D eigenvalue weighted by Gasteiger charge is 2.44. The maximum atomic E-state index is 12.1. The van der Waals surface area contributed by atoms with E-state index < -0.39 is 30.5 Å². The fourth-order valence-electron chi connectivity index (χ4n) is 1.02. The van der Waals surface area contributed by atoms with Crippen molar-refractivity contribution in [3.05, 3.63) is 11.6 Å². The summed E-state index contributed by atoms with van der Waals surface area (Å²) in [5.74, 6) is -3.28. The van der Waals surface area contributed by atoms with Crippen LogP contribution in [0.3, 0.4) is 0 Å². The Morgan fingerprint density at radius 1 is 0.933 bits per heavy atom. The summed E-state index contributed by atoms with van der Waals surface area (Å²) in [5, 5.41) is 4.99. The lowest BCUT2D eigenvalue weighted by Crippen LogP contribution is -2.19. The second kappa shape index (κ2) is 3.38. The molecule has 0 bridgehead atoms. The fourth-order valence-corrected chi connectivity index (χ4v) is 1.02. The number of alkyl halides is 6. The van der Waals surface area contributed by atoms with Gasteiger partial charge < -0.3 is 0 Å². The van der Waals surface area contributed by atoms with E-state index in [0.717, 1.165) is 6.92 Å². The van der Waals surface area contributed by atoms with E-state index in [0.29, 0.717) is 0 Å². The van der Waals surface area contributed by atoms with Gasteiger partial charge in [-0.15, -0.1) is 10.2 Å². The average Bonchev–Trinajstić information content (AvgIpc) is 2.43. The van der Waals surface area contributed by atoms with Crippen molar-refractivity contribution in [1.29, 1.82) is 0 Å². The molecule has 0 saturated carbocycles. The zero-order valence-corrected chi connectivity index (χ0v) is 7.32. The highest BCUT2D eigenvalue weighted by Crippen LogP contribution is 2.33. The molecule has 0 aliphatic rings. The van der Waals surface area contributed by atoms with Crippen molar-refractivity contribution in [3.8, 4) is 0 Å². The molecule has 0 aromatic carbocycles. The highest BCUT2D eigenvalue weighted by molar-refractivity contribution is 5.02. The van der Waals surface area contributed by atoms with Gasteiger partial charge in [-0.3, -0.25) is 4.57 Å². The summed E-state index contributed by atoms with van der Waals surface area (Å²) >= 11 is 0. The van der Waals surface area contributed by atoms with E-state index in [4.69, 9.17) is 0 Å². The minimum Gasteiger partial charge on any atom is -0.300 e. The van der Waals surface area contributed by atoms with E-state index in [-0.39, 0.29) is 4.57 Å². The number of nitrogens with zero attached hydrogens (tertiary/aromatic N) is 3. The number of hydrogen-bond donors (Lipinski definition) is 0. The Morgan fingerprint density at radius 2 is 1.27 bits per heavy atom. The molecular formula is C6H5F6N3. The van der Waals surface area contributed by atoms with Crippen LogP contribution in [0.5, 0.6) is 0 Å². The quantitative estimate of drug-likeness (QED) is 0.697. The number of hydrogen-bond acceptors (Lipinski definition) is 2. The Kier molecular flexibility index (Phi) is 2.66. The Labute approximate surface area is 79.7 Å². The normalized spacial score (nSPS) is 13.3. The standard InChI is InChI=1S/C6H5F6N3/c1-2-15-3(5(7,8)9)13-14-4(15)6(10,11)12/h2H2,1H3. The molecular weight excluding hydrogens is 228 g/mol. The van der Waals surface area contributed by atoms with Crippen molar-refractivity contribution < 1.29 is 26.3 Å². The number of aromatic nitrogens is 3. The van der Waals surface area contributed by atoms with Crippen molar-refractivity contribution >= 4 is 0 Å². The van der Waals surface area contributed by atoms with Gasteiger partial charge in [-0.1, -0.05) is 0 Å². The molecule has 1 aromatic heterocycles. The lowest BCUT2D eigenvalue weighted by molar-refractivity contribution is -0.155. The molecule has 1 heterocycles. The van der Waals surface area contributed by atoms with Crippen LogP contribution in [-0.4, -0.2) is 14.8 Å². The largest absolute Gasteiger partial charge is 0.451 e. The van der Waals surface area contributed by atoms with Crippen LogP contribution < -0.4 is 0 Å². The van der Waals surface area contributed by atoms with Crippen LogP contribution in [0.15, 0.2) is 0 Å². The predicted molar refractivity (Wildman–Crippen MR) is 35.7 cm³/mol. The summed E-state index contributed by atoms with van der Waals surface area (Å²) in [7, 11) is 0. The molecule has 1 aromatic rings. The average molecular weight is 233 g/mol. The van der Waals surface area contributed by atoms with E-state index in [1.807, 2.05) is 0 Å². The summed E-state index contributed by atoms with van der Waals surface area (Å²) in [6, 6.07) is 0. The first kappa shape index (κ1) is 11.8. The van der Waals surface area contributed by atoms with Crippen molar-refractivity contribution in [2.45, 2.75) is 25.8 Å². The first-order valence-electron chi connectivity index (χ1n) is 3.75. The Balaban J connectivity index is 3.30. The van der Waals surface area contributed by atoms with Crippen molar-refractivity contribution in [3.63, 3.8) is 0 Å². The molecule has 0 aliphatic heterocycles. The summed E-state index contributed by atoms with van der Waals surface area (Å²) in [6.07, 6.45) is -9.88. The second-order valence-electron chi connectivity index (χ2n) is 2.59. The monoisotopic (exact) mass is 233 g/mol. The summed E-state index contributed by atoms with van der Waals surface area (Å²) in [4.78, 5) is 0. The van der Waals surface area contributed by atoms with Gasteiger partial charge in [0.1, 0.15) is 0 Å². The molecule has 9 heteroatoms. The second-order valence-corrected chi connectivity index (χ2v) is 2.59. The van der Waals surface area contributed by atoms with Crippen molar-refractivity contribution in [1.82, 2.24) is 14.8 Å². The lowest BCUT2D eigenvalue weighted by atomic mass is 10.5. The Bertz CT molecular complexity index is 317. The van der Waals surface area contributed by atoms with E-state index in [1.54, 1.807) is 0 Å². The first-order chi connectivity index (χ1) is 6.68. The van der Waals surface area contributed by atoms with E-state index in [2.05, 4.69) is 10.2 Å². The Hall–Kier alpha value is -1.28. The molecule has 86 valence electrons. The first-order valence-corrected chi connectivity index (χ1v) is 3.75. The van der Waals surface area contributed by atoms with Crippen LogP contribution in [-0.2, 0) is 18.9 Å². The smallest absolute Gasteiger partial charge is 0.300 e. The number of rotatable bonds is 1. The minimum atomic E-state index is -4.94. The molecule has 0 aliphatic carbocycles. The summed E-state index contributed by atoms with van der Waals surface area (Å²) < 4.78 is 72.9. The third-order valence-electron chi connectivity index (χ3n) is 1.57. The minimum absolute atomic E-state index is 0.0139. The molecule has 15 heavy (non-hydrogen) atoms. The molecule has 3 nitrogen and oxygen atoms in total. The molecule has 0 spiro atoms. The maximum Gasteiger partial charge on any atom is 0.451 e. The van der Waals surface area contributed by atoms with E-state index in [9.17, 15) is 26.3 Å². The molecule has 1 rings (SSSR count). The van der Waals surface area contributed by atoms with Gasteiger partial charge in [0.2, 0.25) is 11.6 Å². The highest BCUT2D eigenvalue weighted by atomic mass is 19.4. The van der Waals surface area contributed by atoms with Crippen LogP contribution in [0, 0.1) is 0 Å². The van der Waals surface area contributed by atoms with Gasteiger partial charge in [0.05, 0.1) is 0 Å². The van der Waals surface area contributed by atoms with E-state index >= 15 is 0 Å². The van der Waals surface area contributed by atoms with Crippen LogP contribution in [0.1, 0.15) is 18.6 Å². The van der Waals surface area contributed by atoms with Crippen molar-refractivity contribution in [2.75, 3.05) is 0 Å². The molecule has 0 radical (unpaired) electrons. The van der Waals surface area contributed by atoms with Crippen LogP contribution in [0.4, 0.5) is 26.3 Å². The van der Waals surface area contributed by atoms with Gasteiger partial charge in [0.15, 0.2) is 0 Å². The van der Waals surface area contributed by atoms with Gasteiger partial charge >= 0.3 is 12.4 Å². The predicted octanol–water partition coefficient (Wildman–Crippen LogP) is 2.34. The van der Waals surface area contributed by atoms with E-state index in [1.165, 1.54) is 0 Å². The van der Waals surface area contributed by atoms with Crippen LogP contribution in [0.2, 0.25) is 0 Å². The zero-order chi connectivity index (χ0) is 11.9. The fraction of sp³-hybridized carbons (Fsp3) is 0.667. The van der Waals surface area contributed by atoms with Gasteiger partial charge in [0.25, 0.3) is 0 Å². The molecule has 0 unspecified atom stereocenters. The summed E-state index contributed by atoms with van der Waals surface area (Å²) in [5.41, 5.74) is 0. The number of halogens is 6. The lowest BCUT2D eigenvalue weighted by Gasteiger charge is -2.10. The third-order valence-corrected chi connectivity index (χ3v) is 1.57. The molecule has 0 atom stereocenters. The van der Waals surface area contributed by atoms with Gasteiger partial charge in [-0.05, 0) is 6.92 Å². The zero-order valence-electron chi connectivity index (χ0n) is 7.32. The molecule has 0 amide bonds. The van der Waals surface area contributed by atoms with Gasteiger partial charge in [0, 0.05) is 6.54 Å². The molecule has 0 fully saturated rings. The topological polar surface area (TPSA) is 30.7 Å². The maximum absolute atomic E-state index is 12.1. The van der Waals surface area contributed by atoms with Crippen LogP contribution >= 0.6 is 0 Å². The SMILES string of the molecule is CCn1c(C(F)(F)F)nnc1C(F)(F)F.